The van der Waals surface area contributed by atoms with Crippen LogP contribution in [-0.4, -0.2) is 36.1 Å². The summed E-state index contributed by atoms with van der Waals surface area (Å²) < 4.78 is 0. The van der Waals surface area contributed by atoms with Gasteiger partial charge in [0.2, 0.25) is 11.8 Å². The average Bonchev–Trinajstić information content (AvgIpc) is 3.07. The van der Waals surface area contributed by atoms with Crippen molar-refractivity contribution in [3.8, 4) is 0 Å². The largest absolute Gasteiger partial charge is 0.337 e. The van der Waals surface area contributed by atoms with Crippen LogP contribution in [0.3, 0.4) is 0 Å². The lowest BCUT2D eigenvalue weighted by Crippen LogP contribution is -2.44. The maximum absolute atomic E-state index is 12.9. The Bertz CT molecular complexity index is 836. The first kappa shape index (κ1) is 16.2. The lowest BCUT2D eigenvalue weighted by Gasteiger charge is -2.32. The number of hydrogen-bond acceptors (Lipinski definition) is 3. The van der Waals surface area contributed by atoms with Gasteiger partial charge in [0, 0.05) is 11.9 Å². The fraction of sp³-hybridized carbons (Fsp3) is 0.300. The number of thioether (sulfide) groups is 1. The number of carbonyl (C=O) groups excluding carboxylic acids is 2. The topological polar surface area (TPSA) is 40.6 Å². The molecule has 1 unspecified atom stereocenters. The summed E-state index contributed by atoms with van der Waals surface area (Å²) in [4.78, 5) is 29.8. The predicted molar refractivity (Wildman–Crippen MR) is 99.8 cm³/mol. The highest BCUT2D eigenvalue weighted by Crippen LogP contribution is 2.37. The number of rotatable bonds is 3. The minimum Gasteiger partial charge on any atom is -0.337 e. The van der Waals surface area contributed by atoms with Gasteiger partial charge in [-0.2, -0.15) is 0 Å². The van der Waals surface area contributed by atoms with E-state index < -0.39 is 0 Å². The summed E-state index contributed by atoms with van der Waals surface area (Å²) in [5.41, 5.74) is 3.40. The third kappa shape index (κ3) is 2.93. The summed E-state index contributed by atoms with van der Waals surface area (Å²) in [5.74, 6) is 0.370. The maximum Gasteiger partial charge on any atom is 0.242 e. The number of nitrogens with zero attached hydrogens (tertiary/aromatic N) is 2. The zero-order valence-corrected chi connectivity index (χ0v) is 15.0. The first-order valence-corrected chi connectivity index (χ1v) is 9.49. The van der Waals surface area contributed by atoms with Crippen molar-refractivity contribution in [1.82, 2.24) is 4.90 Å². The molecule has 1 heterocycles. The van der Waals surface area contributed by atoms with E-state index in [1.807, 2.05) is 48.3 Å². The van der Waals surface area contributed by atoms with Gasteiger partial charge >= 0.3 is 0 Å². The van der Waals surface area contributed by atoms with E-state index in [0.29, 0.717) is 5.75 Å². The molecule has 1 aliphatic carbocycles. The SMILES string of the molecule is CN(C(=O)CN1C(=O)CSc2ccccc21)C1CCc2ccccc21. The van der Waals surface area contributed by atoms with Gasteiger partial charge in [-0.25, -0.2) is 0 Å². The van der Waals surface area contributed by atoms with Gasteiger partial charge in [0.25, 0.3) is 0 Å². The van der Waals surface area contributed by atoms with E-state index in [2.05, 4.69) is 12.1 Å². The van der Waals surface area contributed by atoms with Crippen LogP contribution < -0.4 is 4.90 Å². The molecule has 25 heavy (non-hydrogen) atoms. The molecule has 0 radical (unpaired) electrons. The quantitative estimate of drug-likeness (QED) is 0.851. The van der Waals surface area contributed by atoms with Crippen LogP contribution in [-0.2, 0) is 16.0 Å². The monoisotopic (exact) mass is 352 g/mol. The second-order valence-corrected chi connectivity index (χ2v) is 7.51. The van der Waals surface area contributed by atoms with Crippen LogP contribution in [0.25, 0.3) is 0 Å². The Kier molecular flexibility index (Phi) is 4.25. The third-order valence-corrected chi connectivity index (χ3v) is 6.11. The Balaban J connectivity index is 1.54. The van der Waals surface area contributed by atoms with Crippen molar-refractivity contribution in [1.29, 1.82) is 0 Å². The molecule has 0 N–H and O–H groups in total. The Morgan fingerprint density at radius 2 is 1.96 bits per heavy atom. The molecule has 0 saturated carbocycles. The average molecular weight is 352 g/mol. The van der Waals surface area contributed by atoms with Gasteiger partial charge in [-0.3, -0.25) is 9.59 Å². The molecule has 2 amide bonds. The highest BCUT2D eigenvalue weighted by molar-refractivity contribution is 8.00. The normalized spacial score (nSPS) is 18.7. The number of anilines is 1. The Hall–Kier alpha value is -2.27. The summed E-state index contributed by atoms with van der Waals surface area (Å²) in [7, 11) is 1.85. The molecule has 4 nitrogen and oxygen atoms in total. The second kappa shape index (κ2) is 6.56. The molecule has 0 aromatic heterocycles. The number of carbonyl (C=O) groups is 2. The molecule has 2 aromatic rings. The van der Waals surface area contributed by atoms with Gasteiger partial charge in [0.15, 0.2) is 0 Å². The van der Waals surface area contributed by atoms with Crippen molar-refractivity contribution in [2.24, 2.45) is 0 Å². The maximum atomic E-state index is 12.9. The molecule has 0 fully saturated rings. The molecule has 1 atom stereocenters. The fourth-order valence-corrected chi connectivity index (χ4v) is 4.62. The van der Waals surface area contributed by atoms with E-state index >= 15 is 0 Å². The number of benzene rings is 2. The standard InChI is InChI=1S/C20H20N2O2S/c1-21(16-11-10-14-6-2-3-7-15(14)16)19(23)12-22-17-8-4-5-9-18(17)25-13-20(22)24/h2-9,16H,10-13H2,1H3. The molecule has 2 aromatic carbocycles. The van der Waals surface area contributed by atoms with E-state index in [4.69, 9.17) is 0 Å². The van der Waals surface area contributed by atoms with Gasteiger partial charge in [-0.05, 0) is 36.1 Å². The number of likely N-dealkylation sites (N-methyl/N-ethyl adjacent to an activating group) is 1. The zero-order chi connectivity index (χ0) is 17.4. The summed E-state index contributed by atoms with van der Waals surface area (Å²) >= 11 is 1.54. The van der Waals surface area contributed by atoms with E-state index in [9.17, 15) is 9.59 Å². The van der Waals surface area contributed by atoms with Crippen LogP contribution in [0.1, 0.15) is 23.6 Å². The lowest BCUT2D eigenvalue weighted by atomic mass is 10.1. The molecule has 5 heteroatoms. The second-order valence-electron chi connectivity index (χ2n) is 6.49. The minimum absolute atomic E-state index is 0.00253. The molecule has 128 valence electrons. The van der Waals surface area contributed by atoms with Crippen molar-refractivity contribution >= 4 is 29.3 Å². The van der Waals surface area contributed by atoms with Gasteiger partial charge in [-0.15, -0.1) is 11.8 Å². The number of amides is 2. The number of hydrogen-bond donors (Lipinski definition) is 0. The van der Waals surface area contributed by atoms with Crippen LogP contribution in [0.2, 0.25) is 0 Å². The number of aryl methyl sites for hydroxylation is 1. The van der Waals surface area contributed by atoms with Gasteiger partial charge in [0.1, 0.15) is 6.54 Å². The first-order valence-electron chi connectivity index (χ1n) is 8.51. The van der Waals surface area contributed by atoms with Crippen molar-refractivity contribution in [2.45, 2.75) is 23.8 Å². The Labute approximate surface area is 151 Å². The Morgan fingerprint density at radius 3 is 2.84 bits per heavy atom. The van der Waals surface area contributed by atoms with Crippen molar-refractivity contribution < 1.29 is 9.59 Å². The number of fused-ring (bicyclic) bond motifs is 2. The summed E-state index contributed by atoms with van der Waals surface area (Å²) in [6.07, 6.45) is 1.95. The molecular weight excluding hydrogens is 332 g/mol. The smallest absolute Gasteiger partial charge is 0.242 e. The van der Waals surface area contributed by atoms with Crippen molar-refractivity contribution in [2.75, 3.05) is 24.2 Å². The van der Waals surface area contributed by atoms with Crippen molar-refractivity contribution in [3.63, 3.8) is 0 Å². The molecule has 1 aliphatic heterocycles. The molecule has 0 bridgehead atoms. The molecule has 0 saturated heterocycles. The highest BCUT2D eigenvalue weighted by atomic mass is 32.2. The minimum atomic E-state index is -0.0169. The number of para-hydroxylation sites is 1. The van der Waals surface area contributed by atoms with Crippen LogP contribution in [0.15, 0.2) is 53.4 Å². The predicted octanol–water partition coefficient (Wildman–Crippen LogP) is 3.27. The van der Waals surface area contributed by atoms with Gasteiger partial charge < -0.3 is 9.80 Å². The zero-order valence-electron chi connectivity index (χ0n) is 14.1. The van der Waals surface area contributed by atoms with E-state index in [1.54, 1.807) is 4.90 Å². The van der Waals surface area contributed by atoms with Crippen LogP contribution in [0.4, 0.5) is 5.69 Å². The summed E-state index contributed by atoms with van der Waals surface area (Å²) in [6.45, 7) is 0.103. The third-order valence-electron chi connectivity index (χ3n) is 5.06. The molecular formula is C20H20N2O2S. The highest BCUT2D eigenvalue weighted by Gasteiger charge is 2.31. The van der Waals surface area contributed by atoms with Gasteiger partial charge in [-0.1, -0.05) is 36.4 Å². The van der Waals surface area contributed by atoms with Crippen LogP contribution >= 0.6 is 11.8 Å². The lowest BCUT2D eigenvalue weighted by molar-refractivity contribution is -0.132. The fourth-order valence-electron chi connectivity index (χ4n) is 3.68. The van der Waals surface area contributed by atoms with Crippen LogP contribution in [0, 0.1) is 0 Å². The first-order chi connectivity index (χ1) is 12.1. The molecule has 0 spiro atoms. The molecule has 2 aliphatic rings. The molecule has 4 rings (SSSR count). The Morgan fingerprint density at radius 1 is 1.20 bits per heavy atom. The van der Waals surface area contributed by atoms with Gasteiger partial charge in [0.05, 0.1) is 17.5 Å². The summed E-state index contributed by atoms with van der Waals surface area (Å²) in [5, 5.41) is 0. The van der Waals surface area contributed by atoms with Crippen LogP contribution in [0.5, 0.6) is 0 Å². The van der Waals surface area contributed by atoms with E-state index in [1.165, 1.54) is 22.9 Å². The van der Waals surface area contributed by atoms with E-state index in [0.717, 1.165) is 23.4 Å². The van der Waals surface area contributed by atoms with E-state index in [-0.39, 0.29) is 24.4 Å². The summed E-state index contributed by atoms with van der Waals surface area (Å²) in [6, 6.07) is 16.2. The van der Waals surface area contributed by atoms with Crippen molar-refractivity contribution in [3.05, 3.63) is 59.7 Å².